The van der Waals surface area contributed by atoms with E-state index in [4.69, 9.17) is 21.3 Å². The summed E-state index contributed by atoms with van der Waals surface area (Å²) >= 11 is 5.87. The largest absolute Gasteiger partial charge is 0.394 e. The minimum Gasteiger partial charge on any atom is -0.394 e. The van der Waals surface area contributed by atoms with Crippen LogP contribution >= 0.6 is 11.6 Å². The van der Waals surface area contributed by atoms with Gasteiger partial charge in [-0.2, -0.15) is 5.10 Å². The van der Waals surface area contributed by atoms with Gasteiger partial charge >= 0.3 is 0 Å². The fraction of sp³-hybridized carbons (Fsp3) is 0.333. The standard InChI is InChI=1S/C27H27ClFN5O3/c1-34-14-20(13-31-34)26(17-4-5-22(28)23(29)10-17)33-27(36)18-2-3-19-12-30-25(32-24(19)11-18)9-16-6-7-37-21(8-16)15-35/h2-5,10-14,16,21,26,35H,6-9,15H2,1H3,(H,33,36)/t16-,21+,26+/m1/s1. The van der Waals surface area contributed by atoms with Crippen molar-refractivity contribution in [3.05, 3.63) is 88.3 Å². The second-order valence-electron chi connectivity index (χ2n) is 9.36. The zero-order chi connectivity index (χ0) is 25.9. The molecule has 1 aliphatic rings. The monoisotopic (exact) mass is 523 g/mol. The third kappa shape index (κ3) is 5.79. The molecular formula is C27H27ClFN5O3. The van der Waals surface area contributed by atoms with Gasteiger partial charge in [-0.05, 0) is 48.6 Å². The summed E-state index contributed by atoms with van der Waals surface area (Å²) in [6.45, 7) is 0.625. The minimum absolute atomic E-state index is 0.0102. The quantitative estimate of drug-likeness (QED) is 0.379. The molecule has 5 rings (SSSR count). The number of aryl methyl sites for hydroxylation is 1. The Morgan fingerprint density at radius 3 is 2.89 bits per heavy atom. The lowest BCUT2D eigenvalue weighted by molar-refractivity contribution is -0.0377. The van der Waals surface area contributed by atoms with Crippen molar-refractivity contribution >= 4 is 28.4 Å². The van der Waals surface area contributed by atoms with Gasteiger partial charge in [0.15, 0.2) is 0 Å². The molecule has 8 nitrogen and oxygen atoms in total. The van der Waals surface area contributed by atoms with Gasteiger partial charge in [0.1, 0.15) is 11.6 Å². The average molecular weight is 524 g/mol. The number of rotatable bonds is 7. The number of ether oxygens (including phenoxy) is 1. The van der Waals surface area contributed by atoms with Gasteiger partial charge in [0, 0.05) is 49.0 Å². The predicted octanol–water partition coefficient (Wildman–Crippen LogP) is 4.01. The molecule has 2 aromatic carbocycles. The number of benzene rings is 2. The van der Waals surface area contributed by atoms with Crippen molar-refractivity contribution in [2.45, 2.75) is 31.4 Å². The lowest BCUT2D eigenvalue weighted by Gasteiger charge is -2.27. The average Bonchev–Trinajstić information content (AvgIpc) is 3.34. The fourth-order valence-corrected chi connectivity index (χ4v) is 4.80. The predicted molar refractivity (Wildman–Crippen MR) is 137 cm³/mol. The Bertz CT molecular complexity index is 1430. The molecule has 0 radical (unpaired) electrons. The molecule has 37 heavy (non-hydrogen) atoms. The van der Waals surface area contributed by atoms with Crippen molar-refractivity contribution in [3.63, 3.8) is 0 Å². The van der Waals surface area contributed by atoms with Crippen LogP contribution in [0.2, 0.25) is 5.02 Å². The Hall–Kier alpha value is -3.40. The summed E-state index contributed by atoms with van der Waals surface area (Å²) in [6, 6.07) is 9.10. The third-order valence-corrected chi connectivity index (χ3v) is 6.96. The van der Waals surface area contributed by atoms with Crippen LogP contribution in [0.1, 0.15) is 46.2 Å². The number of hydrogen-bond acceptors (Lipinski definition) is 6. The first-order chi connectivity index (χ1) is 17.9. The number of nitrogens with one attached hydrogen (secondary N) is 1. The van der Waals surface area contributed by atoms with E-state index < -0.39 is 11.9 Å². The molecule has 0 bridgehead atoms. The second-order valence-corrected chi connectivity index (χ2v) is 9.76. The van der Waals surface area contributed by atoms with Crippen molar-refractivity contribution in [1.29, 1.82) is 0 Å². The smallest absolute Gasteiger partial charge is 0.252 e. The molecule has 1 amide bonds. The maximum Gasteiger partial charge on any atom is 0.252 e. The van der Waals surface area contributed by atoms with Gasteiger partial charge in [-0.15, -0.1) is 0 Å². The molecule has 1 saturated heterocycles. The molecule has 2 N–H and O–H groups in total. The van der Waals surface area contributed by atoms with Crippen molar-refractivity contribution in [2.75, 3.05) is 13.2 Å². The van der Waals surface area contributed by atoms with E-state index in [1.54, 1.807) is 48.5 Å². The number of carbonyl (C=O) groups excluding carboxylic acids is 1. The molecule has 1 fully saturated rings. The maximum absolute atomic E-state index is 14.2. The number of aliphatic hydroxyl groups excluding tert-OH is 1. The Morgan fingerprint density at radius 2 is 2.14 bits per heavy atom. The SMILES string of the molecule is Cn1cc([C@@H](NC(=O)c2ccc3cnc(C[C@@H]4CCO[C@H](CO)C4)nc3c2)c2ccc(Cl)c(F)c2)cn1. The first kappa shape index (κ1) is 25.3. The van der Waals surface area contributed by atoms with Crippen LogP contribution in [0.25, 0.3) is 10.9 Å². The Morgan fingerprint density at radius 1 is 1.27 bits per heavy atom. The number of hydrogen-bond donors (Lipinski definition) is 2. The first-order valence-corrected chi connectivity index (χ1v) is 12.5. The molecule has 10 heteroatoms. The summed E-state index contributed by atoms with van der Waals surface area (Å²) in [5, 5.41) is 17.4. The van der Waals surface area contributed by atoms with E-state index in [-0.39, 0.29) is 23.6 Å². The fourth-order valence-electron chi connectivity index (χ4n) is 4.69. The zero-order valence-corrected chi connectivity index (χ0v) is 21.0. The van der Waals surface area contributed by atoms with Gasteiger partial charge in [0.05, 0.1) is 35.5 Å². The number of nitrogens with zero attached hydrogens (tertiary/aromatic N) is 4. The van der Waals surface area contributed by atoms with Crippen LogP contribution in [0, 0.1) is 11.7 Å². The van der Waals surface area contributed by atoms with Crippen molar-refractivity contribution in [3.8, 4) is 0 Å². The van der Waals surface area contributed by atoms with E-state index >= 15 is 0 Å². The second kappa shape index (κ2) is 10.9. The van der Waals surface area contributed by atoms with E-state index in [0.717, 1.165) is 18.2 Å². The zero-order valence-electron chi connectivity index (χ0n) is 20.3. The highest BCUT2D eigenvalue weighted by molar-refractivity contribution is 6.30. The molecule has 2 aromatic heterocycles. The lowest BCUT2D eigenvalue weighted by atomic mass is 9.92. The molecule has 4 aromatic rings. The highest BCUT2D eigenvalue weighted by Crippen LogP contribution is 2.27. The molecular weight excluding hydrogens is 497 g/mol. The summed E-state index contributed by atoms with van der Waals surface area (Å²) in [4.78, 5) is 22.5. The molecule has 3 atom stereocenters. The number of aromatic nitrogens is 4. The molecule has 192 valence electrons. The molecule has 0 aliphatic carbocycles. The molecule has 0 saturated carbocycles. The van der Waals surface area contributed by atoms with E-state index in [0.29, 0.717) is 47.0 Å². The van der Waals surface area contributed by atoms with Crippen molar-refractivity contribution in [1.82, 2.24) is 25.1 Å². The number of carbonyl (C=O) groups is 1. The number of amides is 1. The summed E-state index contributed by atoms with van der Waals surface area (Å²) in [6.07, 6.45) is 7.36. The van der Waals surface area contributed by atoms with Gasteiger partial charge in [0.25, 0.3) is 5.91 Å². The molecule has 1 aliphatic heterocycles. The first-order valence-electron chi connectivity index (χ1n) is 12.1. The summed E-state index contributed by atoms with van der Waals surface area (Å²) in [5.41, 5.74) is 2.35. The highest BCUT2D eigenvalue weighted by atomic mass is 35.5. The molecule has 3 heterocycles. The van der Waals surface area contributed by atoms with Crippen LogP contribution in [-0.4, -0.2) is 50.1 Å². The number of fused-ring (bicyclic) bond motifs is 1. The van der Waals surface area contributed by atoms with Gasteiger partial charge in [0.2, 0.25) is 0 Å². The van der Waals surface area contributed by atoms with Crippen LogP contribution in [0.4, 0.5) is 4.39 Å². The summed E-state index contributed by atoms with van der Waals surface area (Å²) in [7, 11) is 1.77. The van der Waals surface area contributed by atoms with Gasteiger partial charge in [-0.1, -0.05) is 23.7 Å². The van der Waals surface area contributed by atoms with E-state index in [9.17, 15) is 14.3 Å². The van der Waals surface area contributed by atoms with Crippen LogP contribution in [0.15, 0.2) is 55.0 Å². The van der Waals surface area contributed by atoms with Crippen LogP contribution in [-0.2, 0) is 18.2 Å². The van der Waals surface area contributed by atoms with Crippen LogP contribution in [0.5, 0.6) is 0 Å². The third-order valence-electron chi connectivity index (χ3n) is 6.66. The Balaban J connectivity index is 1.38. The van der Waals surface area contributed by atoms with Gasteiger partial charge < -0.3 is 15.2 Å². The van der Waals surface area contributed by atoms with Gasteiger partial charge in [-0.25, -0.2) is 14.4 Å². The van der Waals surface area contributed by atoms with E-state index in [1.165, 1.54) is 12.1 Å². The maximum atomic E-state index is 14.2. The normalized spacial score (nSPS) is 18.6. The summed E-state index contributed by atoms with van der Waals surface area (Å²) in [5.74, 6) is 0.127. The minimum atomic E-state index is -0.627. The van der Waals surface area contributed by atoms with Crippen LogP contribution in [0.3, 0.4) is 0 Å². The summed E-state index contributed by atoms with van der Waals surface area (Å²) < 4.78 is 21.4. The van der Waals surface area contributed by atoms with E-state index in [2.05, 4.69) is 15.4 Å². The topological polar surface area (TPSA) is 102 Å². The molecule has 0 spiro atoms. The number of halogens is 2. The van der Waals surface area contributed by atoms with Crippen molar-refractivity contribution < 1.29 is 19.0 Å². The Kier molecular flexibility index (Phi) is 7.45. The van der Waals surface area contributed by atoms with Crippen molar-refractivity contribution in [2.24, 2.45) is 13.0 Å². The van der Waals surface area contributed by atoms with Crippen LogP contribution < -0.4 is 5.32 Å². The molecule has 0 unspecified atom stereocenters. The highest BCUT2D eigenvalue weighted by Gasteiger charge is 2.24. The lowest BCUT2D eigenvalue weighted by Crippen LogP contribution is -2.29. The Labute approximate surface area is 218 Å². The van der Waals surface area contributed by atoms with E-state index in [1.807, 2.05) is 6.07 Å². The van der Waals surface area contributed by atoms with Gasteiger partial charge in [-0.3, -0.25) is 9.48 Å². The number of aliphatic hydroxyl groups is 1.